The Morgan fingerprint density at radius 3 is 2.87 bits per heavy atom. The summed E-state index contributed by atoms with van der Waals surface area (Å²) in [6.45, 7) is 0. The van der Waals surface area contributed by atoms with Crippen molar-refractivity contribution < 1.29 is 8.42 Å². The molecule has 6 heteroatoms. The number of nitrogens with one attached hydrogen (secondary N) is 2. The minimum absolute atomic E-state index is 0.106. The highest BCUT2D eigenvalue weighted by molar-refractivity contribution is 9.10. The van der Waals surface area contributed by atoms with Gasteiger partial charge in [0.25, 0.3) is 0 Å². The molecule has 0 saturated heterocycles. The molecule has 2 rings (SSSR count). The number of hydrogen-bond acceptors (Lipinski definition) is 2. The molecule has 2 aromatic rings. The third kappa shape index (κ3) is 2.32. The predicted octanol–water partition coefficient (Wildman–Crippen LogP) is 2.26. The summed E-state index contributed by atoms with van der Waals surface area (Å²) in [5.41, 5.74) is 1.55. The Bertz CT molecular complexity index is 577. The quantitative estimate of drug-likeness (QED) is 0.851. The second-order valence-electron chi connectivity index (χ2n) is 3.11. The van der Waals surface area contributed by atoms with E-state index < -0.39 is 10.0 Å². The summed E-state index contributed by atoms with van der Waals surface area (Å²) in [6, 6.07) is 7.23. The molecule has 80 valence electrons. The molecule has 0 aliphatic rings. The Kier molecular flexibility index (Phi) is 2.70. The van der Waals surface area contributed by atoms with E-state index in [4.69, 9.17) is 0 Å². The van der Waals surface area contributed by atoms with Crippen LogP contribution in [0.5, 0.6) is 0 Å². The number of halogens is 1. The first kappa shape index (κ1) is 10.5. The SMILES string of the molecule is O=S(=O)(CBr)Nc1ccc2[nH]ccc2c1. The summed E-state index contributed by atoms with van der Waals surface area (Å²) in [7, 11) is -3.27. The van der Waals surface area contributed by atoms with Gasteiger partial charge >= 0.3 is 0 Å². The van der Waals surface area contributed by atoms with E-state index in [9.17, 15) is 8.42 Å². The summed E-state index contributed by atoms with van der Waals surface area (Å²) in [5.74, 6) is 0. The van der Waals surface area contributed by atoms with Crippen LogP contribution in [0.2, 0.25) is 0 Å². The van der Waals surface area contributed by atoms with Crippen molar-refractivity contribution in [3.8, 4) is 0 Å². The number of fused-ring (bicyclic) bond motifs is 1. The molecule has 15 heavy (non-hydrogen) atoms. The molecule has 0 saturated carbocycles. The number of sulfonamides is 1. The zero-order valence-electron chi connectivity index (χ0n) is 7.70. The molecule has 2 N–H and O–H groups in total. The molecule has 4 nitrogen and oxygen atoms in total. The van der Waals surface area contributed by atoms with E-state index in [-0.39, 0.29) is 4.66 Å². The smallest absolute Gasteiger partial charge is 0.242 e. The number of alkyl halides is 1. The molecule has 1 heterocycles. The van der Waals surface area contributed by atoms with Gasteiger partial charge in [0.05, 0.1) is 0 Å². The monoisotopic (exact) mass is 288 g/mol. The van der Waals surface area contributed by atoms with Gasteiger partial charge in [0, 0.05) is 22.8 Å². The van der Waals surface area contributed by atoms with Gasteiger partial charge in [-0.25, -0.2) is 8.42 Å². The van der Waals surface area contributed by atoms with Gasteiger partial charge in [-0.3, -0.25) is 4.72 Å². The average Bonchev–Trinajstić information content (AvgIpc) is 2.64. The molecule has 1 aromatic carbocycles. The number of anilines is 1. The second-order valence-corrected chi connectivity index (χ2v) is 6.13. The molecule has 0 atom stereocenters. The summed E-state index contributed by atoms with van der Waals surface area (Å²) < 4.78 is 24.9. The highest BCUT2D eigenvalue weighted by Crippen LogP contribution is 2.18. The van der Waals surface area contributed by atoms with Crippen LogP contribution in [-0.2, 0) is 10.0 Å². The van der Waals surface area contributed by atoms with E-state index in [1.54, 1.807) is 12.1 Å². The summed E-state index contributed by atoms with van der Waals surface area (Å²) in [5, 5.41) is 0.977. The Balaban J connectivity index is 2.37. The first-order valence-corrected chi connectivity index (χ1v) is 7.02. The van der Waals surface area contributed by atoms with Gasteiger partial charge in [-0.15, -0.1) is 0 Å². The van der Waals surface area contributed by atoms with Crippen molar-refractivity contribution in [2.75, 3.05) is 9.38 Å². The van der Waals surface area contributed by atoms with E-state index in [1.165, 1.54) is 0 Å². The van der Waals surface area contributed by atoms with Gasteiger partial charge in [0.1, 0.15) is 4.66 Å². The van der Waals surface area contributed by atoms with Crippen LogP contribution in [0.4, 0.5) is 5.69 Å². The fourth-order valence-electron chi connectivity index (χ4n) is 1.32. The van der Waals surface area contributed by atoms with Crippen molar-refractivity contribution in [1.82, 2.24) is 4.98 Å². The lowest BCUT2D eigenvalue weighted by atomic mass is 10.2. The lowest BCUT2D eigenvalue weighted by Crippen LogP contribution is -2.12. The molecular formula is C9H9BrN2O2S. The molecule has 0 aliphatic heterocycles. The van der Waals surface area contributed by atoms with Gasteiger partial charge in [-0.1, -0.05) is 15.9 Å². The van der Waals surface area contributed by atoms with Crippen LogP contribution in [0.1, 0.15) is 0 Å². The van der Waals surface area contributed by atoms with Crippen molar-refractivity contribution >= 4 is 42.5 Å². The lowest BCUT2D eigenvalue weighted by molar-refractivity contribution is 0.606. The number of hydrogen-bond donors (Lipinski definition) is 2. The molecule has 0 aliphatic carbocycles. The van der Waals surface area contributed by atoms with Crippen LogP contribution in [-0.4, -0.2) is 18.1 Å². The first-order valence-electron chi connectivity index (χ1n) is 4.24. The van der Waals surface area contributed by atoms with E-state index in [0.29, 0.717) is 5.69 Å². The van der Waals surface area contributed by atoms with Crippen molar-refractivity contribution in [3.63, 3.8) is 0 Å². The van der Waals surface area contributed by atoms with Crippen LogP contribution in [0.3, 0.4) is 0 Å². The predicted molar refractivity (Wildman–Crippen MR) is 64.6 cm³/mol. The van der Waals surface area contributed by atoms with E-state index in [2.05, 4.69) is 25.6 Å². The molecule has 1 aromatic heterocycles. The van der Waals surface area contributed by atoms with Crippen LogP contribution < -0.4 is 4.72 Å². The molecule has 0 amide bonds. The average molecular weight is 289 g/mol. The van der Waals surface area contributed by atoms with Crippen molar-refractivity contribution in [1.29, 1.82) is 0 Å². The van der Waals surface area contributed by atoms with Gasteiger partial charge in [-0.2, -0.15) is 0 Å². The Morgan fingerprint density at radius 2 is 2.13 bits per heavy atom. The highest BCUT2D eigenvalue weighted by atomic mass is 79.9. The lowest BCUT2D eigenvalue weighted by Gasteiger charge is -2.04. The molecular weight excluding hydrogens is 280 g/mol. The van der Waals surface area contributed by atoms with Crippen molar-refractivity contribution in [3.05, 3.63) is 30.5 Å². The zero-order valence-corrected chi connectivity index (χ0v) is 10.1. The third-order valence-electron chi connectivity index (χ3n) is 1.97. The van der Waals surface area contributed by atoms with Gasteiger partial charge in [0.2, 0.25) is 10.0 Å². The van der Waals surface area contributed by atoms with Crippen molar-refractivity contribution in [2.24, 2.45) is 0 Å². The van der Waals surface area contributed by atoms with Crippen LogP contribution in [0.15, 0.2) is 30.5 Å². The second kappa shape index (κ2) is 3.86. The molecule has 0 bridgehead atoms. The normalized spacial score (nSPS) is 11.8. The summed E-state index contributed by atoms with van der Waals surface area (Å²) >= 11 is 2.91. The minimum atomic E-state index is -3.27. The topological polar surface area (TPSA) is 62.0 Å². The maximum absolute atomic E-state index is 11.3. The highest BCUT2D eigenvalue weighted by Gasteiger charge is 2.07. The molecule has 0 unspecified atom stereocenters. The Labute approximate surface area is 95.9 Å². The Hall–Kier alpha value is -1.01. The van der Waals surface area contributed by atoms with Gasteiger partial charge in [0.15, 0.2) is 0 Å². The standard InChI is InChI=1S/C9H9BrN2O2S/c10-6-15(13,14)12-8-1-2-9-7(5-8)3-4-11-9/h1-5,11-12H,6H2. The Morgan fingerprint density at radius 1 is 1.33 bits per heavy atom. The van der Waals surface area contributed by atoms with E-state index in [0.717, 1.165) is 10.9 Å². The maximum atomic E-state index is 11.3. The number of rotatable bonds is 3. The van der Waals surface area contributed by atoms with Crippen molar-refractivity contribution in [2.45, 2.75) is 0 Å². The molecule has 0 spiro atoms. The third-order valence-corrected chi connectivity index (χ3v) is 4.61. The zero-order chi connectivity index (χ0) is 10.9. The first-order chi connectivity index (χ1) is 7.11. The number of H-pyrrole nitrogens is 1. The van der Waals surface area contributed by atoms with Crippen LogP contribution in [0, 0.1) is 0 Å². The van der Waals surface area contributed by atoms with Gasteiger partial charge < -0.3 is 4.98 Å². The fourth-order valence-corrected chi connectivity index (χ4v) is 2.21. The maximum Gasteiger partial charge on any atom is 0.242 e. The summed E-state index contributed by atoms with van der Waals surface area (Å²) in [4.78, 5) is 3.04. The van der Waals surface area contributed by atoms with Crippen LogP contribution >= 0.6 is 15.9 Å². The summed E-state index contributed by atoms with van der Waals surface area (Å²) in [6.07, 6.45) is 1.81. The molecule has 0 radical (unpaired) electrons. The number of aromatic amines is 1. The largest absolute Gasteiger partial charge is 0.361 e. The number of aromatic nitrogens is 1. The van der Waals surface area contributed by atoms with E-state index in [1.807, 2.05) is 18.3 Å². The minimum Gasteiger partial charge on any atom is -0.361 e. The molecule has 0 fully saturated rings. The van der Waals surface area contributed by atoms with Crippen LogP contribution in [0.25, 0.3) is 10.9 Å². The fraction of sp³-hybridized carbons (Fsp3) is 0.111. The van der Waals surface area contributed by atoms with E-state index >= 15 is 0 Å². The van der Waals surface area contributed by atoms with Gasteiger partial charge in [-0.05, 0) is 24.3 Å². The number of benzene rings is 1.